The van der Waals surface area contributed by atoms with Crippen LogP contribution in [-0.2, 0) is 20.7 Å². The minimum atomic E-state index is -0.608. The van der Waals surface area contributed by atoms with Gasteiger partial charge in [0.15, 0.2) is 0 Å². The standard InChI is InChI=1S/C42H48FN6O5P/c1-7-32-34(43)14-11-27-9-8-10-28(36(27)32)17-35(55)37-33(19-44-6)38(47-21-29-12-13-30(22-47)49(29)40(51)54-41(3,4)5)46-39(45-37)53-24-42-16-15-31(23-52-25-50)48(42)20-26(2)18-42/h1,8-11,14,19,25,29-31H,2,6,12-13,15-18,20-24,55H2,3-5H3/b33-19+,37-35-. The van der Waals surface area contributed by atoms with E-state index >= 15 is 0 Å². The van der Waals surface area contributed by atoms with E-state index in [4.69, 9.17) is 30.6 Å². The van der Waals surface area contributed by atoms with Crippen molar-refractivity contribution in [2.24, 2.45) is 4.99 Å². The summed E-state index contributed by atoms with van der Waals surface area (Å²) < 4.78 is 32.6. The van der Waals surface area contributed by atoms with Crippen molar-refractivity contribution in [2.75, 3.05) is 37.7 Å². The highest BCUT2D eigenvalue weighted by atomic mass is 31.0. The summed E-state index contributed by atoms with van der Waals surface area (Å²) in [5.41, 5.74) is 1.21. The Morgan fingerprint density at radius 2 is 1.95 bits per heavy atom. The lowest BCUT2D eigenvalue weighted by Crippen LogP contribution is -2.58. The lowest BCUT2D eigenvalue weighted by atomic mass is 9.94. The number of rotatable bonds is 10. The van der Waals surface area contributed by atoms with Crippen LogP contribution in [0.4, 0.5) is 15.0 Å². The number of hydrogen-bond donors (Lipinski definition) is 0. The Morgan fingerprint density at radius 1 is 1.18 bits per heavy atom. The predicted molar refractivity (Wildman–Crippen MR) is 215 cm³/mol. The molecule has 13 heteroatoms. The highest BCUT2D eigenvalue weighted by Crippen LogP contribution is 2.44. The van der Waals surface area contributed by atoms with Gasteiger partial charge < -0.3 is 19.1 Å². The molecule has 0 aliphatic carbocycles. The molecule has 0 spiro atoms. The van der Waals surface area contributed by atoms with Crippen LogP contribution < -0.4 is 20.2 Å². The van der Waals surface area contributed by atoms with E-state index in [0.29, 0.717) is 67.5 Å². The fourth-order valence-electron chi connectivity index (χ4n) is 8.99. The monoisotopic (exact) mass is 766 g/mol. The van der Waals surface area contributed by atoms with Gasteiger partial charge in [-0.2, -0.15) is 9.97 Å². The van der Waals surface area contributed by atoms with Crippen LogP contribution in [-0.4, -0.2) is 101 Å². The van der Waals surface area contributed by atoms with Gasteiger partial charge in [-0.15, -0.1) is 15.7 Å². The summed E-state index contributed by atoms with van der Waals surface area (Å²) in [5.74, 6) is 2.73. The maximum absolute atomic E-state index is 15.0. The number of anilines is 1. The third-order valence-electron chi connectivity index (χ3n) is 11.2. The first-order valence-electron chi connectivity index (χ1n) is 18.7. The lowest BCUT2D eigenvalue weighted by Gasteiger charge is -2.42. The number of halogens is 1. The number of amides is 1. The Bertz CT molecular complexity index is 2200. The summed E-state index contributed by atoms with van der Waals surface area (Å²) in [5, 5.41) is 3.54. The van der Waals surface area contributed by atoms with Crippen molar-refractivity contribution in [2.45, 2.75) is 88.6 Å². The second-order valence-electron chi connectivity index (χ2n) is 16.1. The number of hydrogen-bond acceptors (Lipinski definition) is 10. The molecule has 4 aliphatic heterocycles. The molecule has 55 heavy (non-hydrogen) atoms. The van der Waals surface area contributed by atoms with Crippen LogP contribution in [0, 0.1) is 18.2 Å². The van der Waals surface area contributed by atoms with Crippen LogP contribution in [0.1, 0.15) is 64.0 Å². The van der Waals surface area contributed by atoms with E-state index in [0.717, 1.165) is 53.9 Å². The van der Waals surface area contributed by atoms with Crippen LogP contribution in [0.3, 0.4) is 0 Å². The van der Waals surface area contributed by atoms with Gasteiger partial charge in [0.25, 0.3) is 6.47 Å². The fourth-order valence-corrected chi connectivity index (χ4v) is 9.43. The molecule has 1 amide bonds. The summed E-state index contributed by atoms with van der Waals surface area (Å²) in [4.78, 5) is 45.1. The fraction of sp³-hybridized carbons (Fsp3) is 0.452. The second-order valence-corrected chi connectivity index (χ2v) is 16.8. The van der Waals surface area contributed by atoms with Crippen LogP contribution >= 0.6 is 9.24 Å². The summed E-state index contributed by atoms with van der Waals surface area (Å²) in [7, 11) is 2.83. The third kappa shape index (κ3) is 7.57. The van der Waals surface area contributed by atoms with Gasteiger partial charge in [0, 0.05) is 43.7 Å². The molecular weight excluding hydrogens is 718 g/mol. The molecular formula is C42H48FN6O5P. The molecule has 2 bridgehead atoms. The van der Waals surface area contributed by atoms with Gasteiger partial charge in [-0.3, -0.25) is 19.6 Å². The quantitative estimate of drug-likeness (QED) is 0.0953. The molecule has 0 saturated carbocycles. The second kappa shape index (κ2) is 15.4. The molecule has 3 aromatic rings. The molecule has 4 aliphatic rings. The van der Waals surface area contributed by atoms with E-state index in [1.165, 1.54) is 6.07 Å². The Hall–Kier alpha value is -4.85. The summed E-state index contributed by atoms with van der Waals surface area (Å²) >= 11 is 0. The molecule has 4 saturated heterocycles. The number of aliphatic imine (C=N–C) groups is 1. The Morgan fingerprint density at radius 3 is 2.64 bits per heavy atom. The topological polar surface area (TPSA) is 110 Å². The van der Waals surface area contributed by atoms with E-state index in [1.54, 1.807) is 12.3 Å². The average molecular weight is 767 g/mol. The van der Waals surface area contributed by atoms with Gasteiger partial charge in [-0.05, 0) is 81.9 Å². The molecule has 288 valence electrons. The van der Waals surface area contributed by atoms with Gasteiger partial charge in [0.1, 0.15) is 30.4 Å². The number of nitrogens with zero attached hydrogens (tertiary/aromatic N) is 6. The number of ether oxygens (including phenoxy) is 3. The third-order valence-corrected chi connectivity index (χ3v) is 11.7. The molecule has 2 aromatic carbocycles. The van der Waals surface area contributed by atoms with E-state index < -0.39 is 11.4 Å². The van der Waals surface area contributed by atoms with E-state index in [1.807, 2.05) is 43.9 Å². The molecule has 0 radical (unpaired) electrons. The first-order valence-corrected chi connectivity index (χ1v) is 19.3. The maximum Gasteiger partial charge on any atom is 0.410 e. The number of carbonyl (C=O) groups is 2. The molecule has 5 atom stereocenters. The zero-order chi connectivity index (χ0) is 39.1. The normalized spacial score (nSPS) is 24.5. The van der Waals surface area contributed by atoms with Crippen LogP contribution in [0.15, 0.2) is 47.5 Å². The molecule has 0 N–H and O–H groups in total. The van der Waals surface area contributed by atoms with E-state index in [2.05, 4.69) is 43.2 Å². The largest absolute Gasteiger partial charge is 0.466 e. The zero-order valence-electron chi connectivity index (χ0n) is 31.7. The molecule has 7 rings (SSSR count). The van der Waals surface area contributed by atoms with E-state index in [-0.39, 0.29) is 41.3 Å². The molecule has 4 fully saturated rings. The minimum absolute atomic E-state index is 0.0675. The van der Waals surface area contributed by atoms with Crippen molar-refractivity contribution in [1.82, 2.24) is 19.8 Å². The first-order chi connectivity index (χ1) is 26.3. The minimum Gasteiger partial charge on any atom is -0.466 e. The van der Waals surface area contributed by atoms with E-state index in [9.17, 15) is 14.0 Å². The highest BCUT2D eigenvalue weighted by molar-refractivity contribution is 7.30. The number of piperazine rings is 1. The number of benzene rings is 2. The van der Waals surface area contributed by atoms with Crippen LogP contribution in [0.5, 0.6) is 6.01 Å². The number of fused-ring (bicyclic) bond motifs is 4. The lowest BCUT2D eigenvalue weighted by molar-refractivity contribution is -0.130. The van der Waals surface area contributed by atoms with Gasteiger partial charge >= 0.3 is 12.1 Å². The van der Waals surface area contributed by atoms with Crippen LogP contribution in [0.25, 0.3) is 22.3 Å². The van der Waals surface area contributed by atoms with Gasteiger partial charge in [-0.1, -0.05) is 42.3 Å². The van der Waals surface area contributed by atoms with Crippen molar-refractivity contribution in [3.05, 3.63) is 70.0 Å². The highest BCUT2D eigenvalue weighted by Gasteiger charge is 2.51. The predicted octanol–water partition coefficient (Wildman–Crippen LogP) is 4.72. The van der Waals surface area contributed by atoms with Crippen molar-refractivity contribution < 1.29 is 28.2 Å². The van der Waals surface area contributed by atoms with Crippen molar-refractivity contribution in [1.29, 1.82) is 0 Å². The van der Waals surface area contributed by atoms with Crippen molar-refractivity contribution in [3.63, 3.8) is 0 Å². The number of terminal acetylenes is 1. The Labute approximate surface area is 323 Å². The Kier molecular flexibility index (Phi) is 10.7. The first kappa shape index (κ1) is 38.4. The van der Waals surface area contributed by atoms with Gasteiger partial charge in [0.05, 0.1) is 33.8 Å². The number of carbonyl (C=O) groups excluding carboxylic acids is 2. The van der Waals surface area contributed by atoms with Crippen molar-refractivity contribution in [3.8, 4) is 18.4 Å². The molecule has 1 aromatic heterocycles. The number of aromatic nitrogens is 2. The molecule has 11 nitrogen and oxygen atoms in total. The zero-order valence-corrected chi connectivity index (χ0v) is 32.9. The van der Waals surface area contributed by atoms with Crippen LogP contribution in [0.2, 0.25) is 0 Å². The summed E-state index contributed by atoms with van der Waals surface area (Å²) in [6, 6.07) is 9.04. The SMILES string of the molecule is C#Cc1c(F)ccc2cccc(C/C(P)=c3/nc(OCC45CCC(COC=O)N4CC(=C)C5)nc(N4CC5CCC(C4)N5C(=O)OC(C)(C)C)/c3=C/N=C)c12. The van der Waals surface area contributed by atoms with Crippen molar-refractivity contribution >= 4 is 56.6 Å². The summed E-state index contributed by atoms with van der Waals surface area (Å²) in [6.07, 6.45) is 11.7. The van der Waals surface area contributed by atoms with Gasteiger partial charge in [0.2, 0.25) is 0 Å². The Balaban J connectivity index is 1.31. The summed E-state index contributed by atoms with van der Waals surface area (Å²) in [6.45, 7) is 16.6. The molecule has 5 unspecified atom stereocenters. The van der Waals surface area contributed by atoms with Gasteiger partial charge in [-0.25, -0.2) is 9.18 Å². The molecule has 5 heterocycles. The average Bonchev–Trinajstić information content (AvgIpc) is 3.74. The maximum atomic E-state index is 15.0. The smallest absolute Gasteiger partial charge is 0.410 e.